The first-order valence-corrected chi connectivity index (χ1v) is 5.97. The topological polar surface area (TPSA) is 26.7 Å². The highest BCUT2D eigenvalue weighted by atomic mass is 16.3. The number of aliphatic hydroxyl groups is 1. The molecule has 1 N–H and O–H groups in total. The summed E-state index contributed by atoms with van der Waals surface area (Å²) in [6, 6.07) is 0. The molecule has 0 aromatic heterocycles. The van der Waals surface area contributed by atoms with Crippen molar-refractivity contribution in [3.05, 3.63) is 12.3 Å². The largest absolute Gasteiger partial charge is 0.384 e. The number of hydrogen-bond donors (Lipinski definition) is 1. The fourth-order valence-electron chi connectivity index (χ4n) is 2.62. The minimum absolute atomic E-state index is 0.587. The maximum atomic E-state index is 10.4. The van der Waals surface area contributed by atoms with Crippen LogP contribution in [0.4, 0.5) is 0 Å². The van der Waals surface area contributed by atoms with E-state index in [1.807, 2.05) is 0 Å². The van der Waals surface area contributed by atoms with Crippen LogP contribution >= 0.6 is 0 Å². The van der Waals surface area contributed by atoms with Crippen molar-refractivity contribution in [2.75, 3.05) is 33.2 Å². The minimum Gasteiger partial charge on any atom is -0.384 e. The summed E-state index contributed by atoms with van der Waals surface area (Å²) in [7, 11) is 2.14. The zero-order valence-corrected chi connectivity index (χ0v) is 9.71. The Labute approximate surface area is 92.4 Å². The van der Waals surface area contributed by atoms with Gasteiger partial charge in [-0.25, -0.2) is 0 Å². The van der Waals surface area contributed by atoms with Crippen LogP contribution in [0.1, 0.15) is 25.7 Å². The van der Waals surface area contributed by atoms with E-state index in [0.717, 1.165) is 57.6 Å². The summed E-state index contributed by atoms with van der Waals surface area (Å²) in [6.07, 6.45) is 4.09. The van der Waals surface area contributed by atoms with E-state index in [1.54, 1.807) is 0 Å². The summed E-state index contributed by atoms with van der Waals surface area (Å²) in [5.74, 6) is 0. The van der Waals surface area contributed by atoms with Gasteiger partial charge in [0.2, 0.25) is 0 Å². The summed E-state index contributed by atoms with van der Waals surface area (Å²) in [5.41, 5.74) is 0.378. The predicted octanol–water partition coefficient (Wildman–Crippen LogP) is 1.05. The van der Waals surface area contributed by atoms with E-state index in [2.05, 4.69) is 23.4 Å². The van der Waals surface area contributed by atoms with Gasteiger partial charge in [-0.15, -0.1) is 0 Å². The van der Waals surface area contributed by atoms with E-state index < -0.39 is 5.60 Å². The van der Waals surface area contributed by atoms with Gasteiger partial charge in [0.25, 0.3) is 0 Å². The Bertz CT molecular complexity index is 238. The smallest absolute Gasteiger partial charge is 0.104 e. The van der Waals surface area contributed by atoms with Gasteiger partial charge in [0, 0.05) is 31.9 Å². The van der Waals surface area contributed by atoms with E-state index in [-0.39, 0.29) is 0 Å². The van der Waals surface area contributed by atoms with Gasteiger partial charge < -0.3 is 14.9 Å². The van der Waals surface area contributed by atoms with Crippen molar-refractivity contribution in [3.63, 3.8) is 0 Å². The molecule has 2 fully saturated rings. The Morgan fingerprint density at radius 1 is 1.13 bits per heavy atom. The third-order valence-electron chi connectivity index (χ3n) is 3.85. The highest BCUT2D eigenvalue weighted by Gasteiger charge is 2.37. The lowest BCUT2D eigenvalue weighted by atomic mass is 9.97. The summed E-state index contributed by atoms with van der Waals surface area (Å²) < 4.78 is 0. The molecule has 0 aromatic carbocycles. The number of piperazine rings is 1. The van der Waals surface area contributed by atoms with Crippen molar-refractivity contribution in [2.45, 2.75) is 31.3 Å². The molecule has 3 heteroatoms. The van der Waals surface area contributed by atoms with E-state index in [4.69, 9.17) is 0 Å². The van der Waals surface area contributed by atoms with Crippen LogP contribution in [0.2, 0.25) is 0 Å². The molecule has 0 amide bonds. The fraction of sp³-hybridized carbons (Fsp3) is 0.833. The quantitative estimate of drug-likeness (QED) is 0.738. The maximum Gasteiger partial charge on any atom is 0.104 e. The van der Waals surface area contributed by atoms with Crippen LogP contribution in [-0.4, -0.2) is 53.7 Å². The molecule has 0 spiro atoms. The highest BCUT2D eigenvalue weighted by molar-refractivity contribution is 5.14. The Morgan fingerprint density at radius 2 is 1.67 bits per heavy atom. The zero-order chi connectivity index (χ0) is 10.9. The molecule has 3 nitrogen and oxygen atoms in total. The van der Waals surface area contributed by atoms with Gasteiger partial charge in [-0.3, -0.25) is 0 Å². The number of hydrogen-bond acceptors (Lipinski definition) is 3. The van der Waals surface area contributed by atoms with Crippen LogP contribution in [-0.2, 0) is 0 Å². The van der Waals surface area contributed by atoms with Crippen molar-refractivity contribution in [1.29, 1.82) is 0 Å². The average molecular weight is 210 g/mol. The van der Waals surface area contributed by atoms with Crippen molar-refractivity contribution in [3.8, 4) is 0 Å². The minimum atomic E-state index is -0.587. The lowest BCUT2D eigenvalue weighted by Gasteiger charge is -2.40. The Morgan fingerprint density at radius 3 is 2.20 bits per heavy atom. The molecule has 1 saturated heterocycles. The number of likely N-dealkylation sites (N-methyl/N-ethyl adjacent to an activating group) is 1. The summed E-state index contributed by atoms with van der Waals surface area (Å²) >= 11 is 0. The molecule has 2 rings (SSSR count). The molecule has 0 atom stereocenters. The summed E-state index contributed by atoms with van der Waals surface area (Å²) in [6.45, 7) is 8.29. The molecule has 0 unspecified atom stereocenters. The maximum absolute atomic E-state index is 10.4. The van der Waals surface area contributed by atoms with Crippen LogP contribution in [0.25, 0.3) is 0 Å². The lowest BCUT2D eigenvalue weighted by molar-refractivity contribution is 0.0422. The molecular weight excluding hydrogens is 188 g/mol. The summed E-state index contributed by atoms with van der Waals surface area (Å²) in [5, 5.41) is 10.4. The fourth-order valence-corrected chi connectivity index (χ4v) is 2.62. The molecule has 1 heterocycles. The van der Waals surface area contributed by atoms with E-state index in [9.17, 15) is 5.11 Å². The standard InChI is InChI=1S/C12H22N2O/c1-11(12(15)5-3-4-6-12)14-9-7-13(2)8-10-14/h15H,1,3-10H2,2H3. The molecule has 1 aliphatic carbocycles. The van der Waals surface area contributed by atoms with Gasteiger partial charge in [0.15, 0.2) is 0 Å². The first kappa shape index (κ1) is 11.0. The van der Waals surface area contributed by atoms with Crippen molar-refractivity contribution in [2.24, 2.45) is 0 Å². The Balaban J connectivity index is 1.95. The van der Waals surface area contributed by atoms with Crippen molar-refractivity contribution >= 4 is 0 Å². The molecule has 0 aromatic rings. The van der Waals surface area contributed by atoms with Crippen LogP contribution in [0.15, 0.2) is 12.3 Å². The van der Waals surface area contributed by atoms with Crippen LogP contribution in [0, 0.1) is 0 Å². The molecular formula is C12H22N2O. The Kier molecular flexibility index (Phi) is 3.03. The third kappa shape index (κ3) is 2.18. The monoisotopic (exact) mass is 210 g/mol. The first-order chi connectivity index (χ1) is 7.12. The lowest BCUT2D eigenvalue weighted by Crippen LogP contribution is -2.48. The van der Waals surface area contributed by atoms with E-state index >= 15 is 0 Å². The molecule has 86 valence electrons. The van der Waals surface area contributed by atoms with Crippen LogP contribution in [0.5, 0.6) is 0 Å². The zero-order valence-electron chi connectivity index (χ0n) is 9.71. The van der Waals surface area contributed by atoms with Crippen molar-refractivity contribution in [1.82, 2.24) is 9.80 Å². The van der Waals surface area contributed by atoms with Gasteiger partial charge in [-0.1, -0.05) is 19.4 Å². The Hall–Kier alpha value is -0.540. The molecule has 0 bridgehead atoms. The molecule has 1 aliphatic heterocycles. The first-order valence-electron chi connectivity index (χ1n) is 5.97. The van der Waals surface area contributed by atoms with Gasteiger partial charge >= 0.3 is 0 Å². The number of nitrogens with zero attached hydrogens (tertiary/aromatic N) is 2. The van der Waals surface area contributed by atoms with Gasteiger partial charge in [-0.2, -0.15) is 0 Å². The molecule has 15 heavy (non-hydrogen) atoms. The van der Waals surface area contributed by atoms with Gasteiger partial charge in [-0.05, 0) is 19.9 Å². The predicted molar refractivity (Wildman–Crippen MR) is 61.6 cm³/mol. The van der Waals surface area contributed by atoms with Crippen LogP contribution < -0.4 is 0 Å². The van der Waals surface area contributed by atoms with Crippen molar-refractivity contribution < 1.29 is 5.11 Å². The van der Waals surface area contributed by atoms with Gasteiger partial charge in [0.1, 0.15) is 5.60 Å². The van der Waals surface area contributed by atoms with E-state index in [0.29, 0.717) is 0 Å². The molecule has 2 aliphatic rings. The normalized spacial score (nSPS) is 26.9. The summed E-state index contributed by atoms with van der Waals surface area (Å²) in [4.78, 5) is 4.59. The highest BCUT2D eigenvalue weighted by Crippen LogP contribution is 2.36. The third-order valence-corrected chi connectivity index (χ3v) is 3.85. The second-order valence-corrected chi connectivity index (χ2v) is 4.98. The molecule has 0 radical (unpaired) electrons. The second kappa shape index (κ2) is 4.14. The average Bonchev–Trinajstić information content (AvgIpc) is 2.67. The SMILES string of the molecule is C=C(N1CCN(C)CC1)C1(O)CCCC1. The second-order valence-electron chi connectivity index (χ2n) is 4.98. The number of rotatable bonds is 2. The van der Waals surface area contributed by atoms with E-state index in [1.165, 1.54) is 0 Å². The van der Waals surface area contributed by atoms with Crippen LogP contribution in [0.3, 0.4) is 0 Å². The van der Waals surface area contributed by atoms with Gasteiger partial charge in [0.05, 0.1) is 0 Å². The molecule has 1 saturated carbocycles.